The number of nitrogen functional groups attached to an aromatic ring is 2. The Hall–Kier alpha value is -2.03. The van der Waals surface area contributed by atoms with Crippen LogP contribution < -0.4 is 11.5 Å². The number of rotatable bonds is 3. The molecule has 0 radical (unpaired) electrons. The van der Waals surface area contributed by atoms with Crippen molar-refractivity contribution >= 4 is 23.5 Å². The molecule has 0 atom stereocenters. The van der Waals surface area contributed by atoms with Crippen molar-refractivity contribution in [3.05, 3.63) is 29.7 Å². The zero-order chi connectivity index (χ0) is 16.5. The summed E-state index contributed by atoms with van der Waals surface area (Å²) in [5.74, 6) is 0.141. The molecule has 0 aliphatic heterocycles. The van der Waals surface area contributed by atoms with Gasteiger partial charge in [-0.2, -0.15) is 18.2 Å². The first-order chi connectivity index (χ1) is 10.2. The van der Waals surface area contributed by atoms with E-state index < -0.39 is 11.9 Å². The lowest BCUT2D eigenvalue weighted by molar-refractivity contribution is -0.141. The molecule has 0 aromatic carbocycles. The average molecular weight is 329 g/mol. The number of hydrogen-bond acceptors (Lipinski definition) is 6. The summed E-state index contributed by atoms with van der Waals surface area (Å²) in [5, 5.41) is 0. The van der Waals surface area contributed by atoms with E-state index in [0.717, 1.165) is 17.8 Å². The molecule has 5 nitrogen and oxygen atoms in total. The van der Waals surface area contributed by atoms with Crippen molar-refractivity contribution in [2.45, 2.75) is 35.7 Å². The van der Waals surface area contributed by atoms with Gasteiger partial charge >= 0.3 is 6.18 Å². The van der Waals surface area contributed by atoms with Crippen LogP contribution in [-0.2, 0) is 6.18 Å². The summed E-state index contributed by atoms with van der Waals surface area (Å²) in [5.41, 5.74) is 10.9. The minimum atomic E-state index is -4.51. The molecule has 0 amide bonds. The van der Waals surface area contributed by atoms with Gasteiger partial charge in [0, 0.05) is 17.3 Å². The van der Waals surface area contributed by atoms with Gasteiger partial charge in [-0.15, -0.1) is 0 Å². The van der Waals surface area contributed by atoms with Gasteiger partial charge in [0.25, 0.3) is 0 Å². The van der Waals surface area contributed by atoms with Crippen molar-refractivity contribution in [2.75, 3.05) is 11.5 Å². The Bertz CT molecular complexity index is 688. The maximum Gasteiger partial charge on any atom is 0.433 e. The predicted molar refractivity (Wildman–Crippen MR) is 78.3 cm³/mol. The highest BCUT2D eigenvalue weighted by molar-refractivity contribution is 7.99. The van der Waals surface area contributed by atoms with Gasteiger partial charge in [0.1, 0.15) is 11.5 Å². The molecule has 4 N–H and O–H groups in total. The fraction of sp³-hybridized carbons (Fsp3) is 0.308. The van der Waals surface area contributed by atoms with E-state index in [1.807, 2.05) is 13.8 Å². The number of alkyl halides is 3. The minimum Gasteiger partial charge on any atom is -0.383 e. The van der Waals surface area contributed by atoms with Crippen molar-refractivity contribution in [1.82, 2.24) is 15.0 Å². The number of aromatic nitrogens is 3. The summed E-state index contributed by atoms with van der Waals surface area (Å²) < 4.78 is 38.5. The molecule has 2 aromatic heterocycles. The summed E-state index contributed by atoms with van der Waals surface area (Å²) >= 11 is 1.06. The molecule has 0 aliphatic carbocycles. The Balaban J connectivity index is 2.47. The van der Waals surface area contributed by atoms with Crippen LogP contribution in [0.5, 0.6) is 0 Å². The molecule has 9 heteroatoms. The monoisotopic (exact) mass is 329 g/mol. The van der Waals surface area contributed by atoms with Gasteiger partial charge in [-0.3, -0.25) is 4.98 Å². The molecule has 2 heterocycles. The lowest BCUT2D eigenvalue weighted by atomic mass is 10.1. The SMILES string of the molecule is CC(C)c1cnc(C(F)(F)F)cc1Sc1cnc(N)nc1N. The molecule has 0 aliphatic rings. The van der Waals surface area contributed by atoms with E-state index in [0.29, 0.717) is 15.4 Å². The second kappa shape index (κ2) is 5.99. The number of pyridine rings is 1. The third-order valence-corrected chi connectivity index (χ3v) is 3.94. The molecule has 2 rings (SSSR count). The van der Waals surface area contributed by atoms with Crippen molar-refractivity contribution in [3.8, 4) is 0 Å². The maximum absolute atomic E-state index is 12.8. The molecule has 118 valence electrons. The summed E-state index contributed by atoms with van der Waals surface area (Å²) in [4.78, 5) is 12.0. The largest absolute Gasteiger partial charge is 0.433 e. The number of anilines is 2. The molecule has 0 fully saturated rings. The van der Waals surface area contributed by atoms with Gasteiger partial charge in [0.15, 0.2) is 0 Å². The van der Waals surface area contributed by atoms with Crippen LogP contribution in [0.1, 0.15) is 31.0 Å². The van der Waals surface area contributed by atoms with Crippen LogP contribution in [0.3, 0.4) is 0 Å². The van der Waals surface area contributed by atoms with Gasteiger partial charge in [0.05, 0.1) is 4.90 Å². The van der Waals surface area contributed by atoms with E-state index in [2.05, 4.69) is 15.0 Å². The highest BCUT2D eigenvalue weighted by Gasteiger charge is 2.33. The van der Waals surface area contributed by atoms with E-state index in [4.69, 9.17) is 11.5 Å². The van der Waals surface area contributed by atoms with E-state index >= 15 is 0 Å². The molecular weight excluding hydrogens is 315 g/mol. The predicted octanol–water partition coefficient (Wildman–Crippen LogP) is 3.33. The second-order valence-electron chi connectivity index (χ2n) is 4.84. The zero-order valence-corrected chi connectivity index (χ0v) is 12.7. The van der Waals surface area contributed by atoms with E-state index in [-0.39, 0.29) is 17.7 Å². The number of halogens is 3. The Morgan fingerprint density at radius 1 is 1.09 bits per heavy atom. The summed E-state index contributed by atoms with van der Waals surface area (Å²) in [7, 11) is 0. The fourth-order valence-corrected chi connectivity index (χ4v) is 2.79. The Morgan fingerprint density at radius 3 is 2.32 bits per heavy atom. The highest BCUT2D eigenvalue weighted by atomic mass is 32.2. The first-order valence-corrected chi connectivity index (χ1v) is 7.13. The molecule has 0 unspecified atom stereocenters. The Morgan fingerprint density at radius 2 is 1.77 bits per heavy atom. The third kappa shape index (κ3) is 3.59. The number of nitrogens with zero attached hydrogens (tertiary/aromatic N) is 3. The molecule has 22 heavy (non-hydrogen) atoms. The molecule has 0 bridgehead atoms. The van der Waals surface area contributed by atoms with Crippen LogP contribution in [0, 0.1) is 0 Å². The van der Waals surface area contributed by atoms with Crippen LogP contribution in [-0.4, -0.2) is 15.0 Å². The molecule has 2 aromatic rings. The van der Waals surface area contributed by atoms with Gasteiger partial charge in [-0.25, -0.2) is 4.98 Å². The normalized spacial score (nSPS) is 11.9. The quantitative estimate of drug-likeness (QED) is 0.897. The van der Waals surface area contributed by atoms with Crippen molar-refractivity contribution in [3.63, 3.8) is 0 Å². The summed E-state index contributed by atoms with van der Waals surface area (Å²) in [6.07, 6.45) is -1.88. The van der Waals surface area contributed by atoms with Crippen LogP contribution in [0.2, 0.25) is 0 Å². The average Bonchev–Trinajstić information content (AvgIpc) is 2.40. The zero-order valence-electron chi connectivity index (χ0n) is 11.8. The van der Waals surface area contributed by atoms with E-state index in [9.17, 15) is 13.2 Å². The lowest BCUT2D eigenvalue weighted by Gasteiger charge is -2.15. The highest BCUT2D eigenvalue weighted by Crippen LogP contribution is 2.38. The molecule has 0 spiro atoms. The first kappa shape index (κ1) is 16.3. The van der Waals surface area contributed by atoms with Crippen LogP contribution in [0.4, 0.5) is 24.9 Å². The van der Waals surface area contributed by atoms with Crippen LogP contribution in [0.25, 0.3) is 0 Å². The maximum atomic E-state index is 12.8. The Kier molecular flexibility index (Phi) is 4.45. The standard InChI is InChI=1S/C13H14F3N5S/c1-6(2)7-4-19-10(13(14,15)16)3-8(7)22-9-5-20-12(18)21-11(9)17/h3-6H,1-2H3,(H4,17,18,20,21). The van der Waals surface area contributed by atoms with Gasteiger partial charge in [-0.05, 0) is 17.5 Å². The third-order valence-electron chi connectivity index (χ3n) is 2.83. The molecule has 0 saturated heterocycles. The van der Waals surface area contributed by atoms with Crippen molar-refractivity contribution in [1.29, 1.82) is 0 Å². The van der Waals surface area contributed by atoms with Gasteiger partial charge in [-0.1, -0.05) is 25.6 Å². The minimum absolute atomic E-state index is 0.00760. The topological polar surface area (TPSA) is 90.7 Å². The van der Waals surface area contributed by atoms with Crippen LogP contribution in [0.15, 0.2) is 28.3 Å². The molecule has 0 saturated carbocycles. The fourth-order valence-electron chi connectivity index (χ4n) is 1.72. The Labute approximate surface area is 129 Å². The molecular formula is C13H14F3N5S. The number of nitrogens with two attached hydrogens (primary N) is 2. The lowest BCUT2D eigenvalue weighted by Crippen LogP contribution is -2.09. The number of hydrogen-bond donors (Lipinski definition) is 2. The second-order valence-corrected chi connectivity index (χ2v) is 5.92. The van der Waals surface area contributed by atoms with E-state index in [1.165, 1.54) is 12.4 Å². The first-order valence-electron chi connectivity index (χ1n) is 6.31. The van der Waals surface area contributed by atoms with Crippen LogP contribution >= 0.6 is 11.8 Å². The summed E-state index contributed by atoms with van der Waals surface area (Å²) in [6.45, 7) is 3.74. The smallest absolute Gasteiger partial charge is 0.383 e. The summed E-state index contributed by atoms with van der Waals surface area (Å²) in [6, 6.07) is 1.01. The van der Waals surface area contributed by atoms with Gasteiger partial charge in [0.2, 0.25) is 5.95 Å². The van der Waals surface area contributed by atoms with Crippen molar-refractivity contribution in [2.24, 2.45) is 0 Å². The van der Waals surface area contributed by atoms with Crippen molar-refractivity contribution < 1.29 is 13.2 Å². The van der Waals surface area contributed by atoms with Gasteiger partial charge < -0.3 is 11.5 Å². The van der Waals surface area contributed by atoms with E-state index in [1.54, 1.807) is 0 Å².